The molecule has 2 heterocycles. The molecule has 4 aromatic rings. The molecule has 6 rings (SSSR count). The SMILES string of the molecule is Cc1cc2c(c([Se]c3ccccc3)c1)N1Cc3cc(C)cc([Se]c4ccccc4)c3N(C2)C1. The van der Waals surface area contributed by atoms with Gasteiger partial charge in [0, 0.05) is 0 Å². The number of aryl methyl sites for hydroxylation is 2. The molecule has 0 fully saturated rings. The van der Waals surface area contributed by atoms with Crippen LogP contribution in [0.4, 0.5) is 11.4 Å². The maximum atomic E-state index is 2.62. The van der Waals surface area contributed by atoms with Crippen molar-refractivity contribution in [1.29, 1.82) is 0 Å². The Balaban J connectivity index is 1.41. The van der Waals surface area contributed by atoms with Crippen LogP contribution in [0.25, 0.3) is 0 Å². The Morgan fingerprint density at radius 3 is 1.42 bits per heavy atom. The van der Waals surface area contributed by atoms with Crippen LogP contribution in [-0.4, -0.2) is 36.6 Å². The van der Waals surface area contributed by atoms with E-state index < -0.39 is 0 Å². The maximum absolute atomic E-state index is 2.62. The Bertz CT molecular complexity index is 1220. The second-order valence-electron chi connectivity index (χ2n) is 8.91. The number of nitrogens with zero attached hydrogens (tertiary/aromatic N) is 2. The van der Waals surface area contributed by atoms with Crippen LogP contribution < -0.4 is 27.6 Å². The van der Waals surface area contributed by atoms with E-state index in [-0.39, 0.29) is 0 Å². The molecule has 0 unspecified atom stereocenters. The van der Waals surface area contributed by atoms with Gasteiger partial charge in [0.2, 0.25) is 0 Å². The van der Waals surface area contributed by atoms with Crippen LogP contribution in [0.5, 0.6) is 0 Å². The van der Waals surface area contributed by atoms with Gasteiger partial charge in [-0.3, -0.25) is 0 Å². The summed E-state index contributed by atoms with van der Waals surface area (Å²) in [5.74, 6) is 0. The molecular formula is C29H26N2Se2. The number of rotatable bonds is 4. The molecule has 0 spiro atoms. The van der Waals surface area contributed by atoms with Gasteiger partial charge in [-0.15, -0.1) is 0 Å². The summed E-state index contributed by atoms with van der Waals surface area (Å²) < 4.78 is 5.93. The first kappa shape index (κ1) is 21.1. The fraction of sp³-hybridized carbons (Fsp3) is 0.172. The summed E-state index contributed by atoms with van der Waals surface area (Å²) >= 11 is 0.627. The number of benzene rings is 4. The summed E-state index contributed by atoms with van der Waals surface area (Å²) in [5.41, 5.74) is 8.70. The number of fused-ring (bicyclic) bond motifs is 6. The van der Waals surface area contributed by atoms with E-state index in [2.05, 4.69) is 109 Å². The monoisotopic (exact) mass is 562 g/mol. The standard InChI is InChI=1S/C29H26N2Se2/c1-20-13-22-17-30-19-31(28(22)26(15-20)32-24-9-5-3-6-10-24)18-23-14-21(2)16-27(29(23)30)33-25-11-7-4-8-12-25/h3-16H,17-19H2,1-2H3. The topological polar surface area (TPSA) is 6.48 Å². The summed E-state index contributed by atoms with van der Waals surface area (Å²) in [4.78, 5) is 5.25. The zero-order chi connectivity index (χ0) is 22.4. The van der Waals surface area contributed by atoms with Gasteiger partial charge < -0.3 is 0 Å². The number of hydrogen-bond donors (Lipinski definition) is 0. The van der Waals surface area contributed by atoms with Crippen molar-refractivity contribution < 1.29 is 0 Å². The van der Waals surface area contributed by atoms with Gasteiger partial charge in [0.25, 0.3) is 0 Å². The third-order valence-electron chi connectivity index (χ3n) is 6.23. The molecule has 2 aliphatic rings. The Kier molecular flexibility index (Phi) is 5.56. The van der Waals surface area contributed by atoms with Gasteiger partial charge in [-0.25, -0.2) is 0 Å². The molecule has 0 aliphatic carbocycles. The van der Waals surface area contributed by atoms with Crippen LogP contribution in [0.1, 0.15) is 22.3 Å². The van der Waals surface area contributed by atoms with E-state index in [4.69, 9.17) is 0 Å². The Morgan fingerprint density at radius 2 is 1.00 bits per heavy atom. The summed E-state index contributed by atoms with van der Waals surface area (Å²) in [6, 6.07) is 31.7. The summed E-state index contributed by atoms with van der Waals surface area (Å²) in [5, 5.41) is 0. The van der Waals surface area contributed by atoms with E-state index in [1.54, 1.807) is 0 Å². The van der Waals surface area contributed by atoms with Crippen molar-refractivity contribution in [1.82, 2.24) is 0 Å². The molecule has 0 radical (unpaired) electrons. The van der Waals surface area contributed by atoms with Crippen molar-refractivity contribution >= 4 is 59.1 Å². The molecule has 0 saturated carbocycles. The minimum absolute atomic E-state index is 0.313. The molecule has 0 atom stereocenters. The summed E-state index contributed by atoms with van der Waals surface area (Å²) in [6.07, 6.45) is 0. The first-order valence-corrected chi connectivity index (χ1v) is 14.8. The van der Waals surface area contributed by atoms with Crippen molar-refractivity contribution in [3.05, 3.63) is 107 Å². The van der Waals surface area contributed by atoms with E-state index in [1.165, 1.54) is 51.5 Å². The zero-order valence-corrected chi connectivity index (χ0v) is 22.3. The molecule has 4 heteroatoms. The molecular weight excluding hydrogens is 534 g/mol. The van der Waals surface area contributed by atoms with Crippen LogP contribution in [0.15, 0.2) is 84.9 Å². The first-order valence-electron chi connectivity index (χ1n) is 11.4. The third-order valence-corrected chi connectivity index (χ3v) is 10.6. The van der Waals surface area contributed by atoms with Gasteiger partial charge >= 0.3 is 210 Å². The Labute approximate surface area is 208 Å². The van der Waals surface area contributed by atoms with E-state index in [9.17, 15) is 0 Å². The van der Waals surface area contributed by atoms with Gasteiger partial charge in [-0.2, -0.15) is 0 Å². The molecule has 33 heavy (non-hydrogen) atoms. The summed E-state index contributed by atoms with van der Waals surface area (Å²) in [7, 11) is 0. The fourth-order valence-corrected chi connectivity index (χ4v) is 9.82. The quantitative estimate of drug-likeness (QED) is 0.355. The molecule has 0 amide bonds. The zero-order valence-electron chi connectivity index (χ0n) is 18.9. The molecule has 2 bridgehead atoms. The Hall–Kier alpha value is -2.48. The molecule has 0 aromatic heterocycles. The van der Waals surface area contributed by atoms with Crippen LogP contribution in [-0.2, 0) is 13.1 Å². The van der Waals surface area contributed by atoms with E-state index in [0.717, 1.165) is 19.8 Å². The molecule has 0 saturated heterocycles. The van der Waals surface area contributed by atoms with Gasteiger partial charge in [-0.1, -0.05) is 0 Å². The minimum atomic E-state index is 0.313. The number of anilines is 2. The first-order chi connectivity index (χ1) is 16.1. The third kappa shape index (κ3) is 4.14. The second kappa shape index (κ2) is 8.70. The van der Waals surface area contributed by atoms with Crippen LogP contribution in [0, 0.1) is 13.8 Å². The molecule has 164 valence electrons. The molecule has 2 aliphatic heterocycles. The molecule has 2 nitrogen and oxygen atoms in total. The van der Waals surface area contributed by atoms with E-state index >= 15 is 0 Å². The average molecular weight is 560 g/mol. The van der Waals surface area contributed by atoms with E-state index in [0.29, 0.717) is 29.9 Å². The predicted molar refractivity (Wildman–Crippen MR) is 143 cm³/mol. The van der Waals surface area contributed by atoms with Gasteiger partial charge in [-0.05, 0) is 0 Å². The predicted octanol–water partition coefficient (Wildman–Crippen LogP) is 2.91. The van der Waals surface area contributed by atoms with Crippen molar-refractivity contribution in [2.75, 3.05) is 16.5 Å². The normalized spacial score (nSPS) is 14.1. The van der Waals surface area contributed by atoms with Crippen LogP contribution in [0.3, 0.4) is 0 Å². The van der Waals surface area contributed by atoms with Crippen molar-refractivity contribution in [2.24, 2.45) is 0 Å². The van der Waals surface area contributed by atoms with Crippen LogP contribution in [0.2, 0.25) is 0 Å². The van der Waals surface area contributed by atoms with Gasteiger partial charge in [0.1, 0.15) is 0 Å². The van der Waals surface area contributed by atoms with Crippen molar-refractivity contribution in [2.45, 2.75) is 26.9 Å². The number of hydrogen-bond acceptors (Lipinski definition) is 2. The van der Waals surface area contributed by atoms with Gasteiger partial charge in [0.15, 0.2) is 0 Å². The Morgan fingerprint density at radius 1 is 0.576 bits per heavy atom. The summed E-state index contributed by atoms with van der Waals surface area (Å²) in [6.45, 7) is 7.49. The fourth-order valence-electron chi connectivity index (χ4n) is 5.00. The van der Waals surface area contributed by atoms with Crippen molar-refractivity contribution in [3.8, 4) is 0 Å². The van der Waals surface area contributed by atoms with Crippen LogP contribution >= 0.6 is 0 Å². The molecule has 4 aromatic carbocycles. The van der Waals surface area contributed by atoms with Crippen molar-refractivity contribution in [3.63, 3.8) is 0 Å². The average Bonchev–Trinajstić information content (AvgIpc) is 2.79. The van der Waals surface area contributed by atoms with E-state index in [1.807, 2.05) is 0 Å². The van der Waals surface area contributed by atoms with Gasteiger partial charge in [0.05, 0.1) is 0 Å². The molecule has 0 N–H and O–H groups in total. The second-order valence-corrected chi connectivity index (χ2v) is 13.6.